The van der Waals surface area contributed by atoms with Gasteiger partial charge in [-0.05, 0) is 12.0 Å². The van der Waals surface area contributed by atoms with Gasteiger partial charge in [0, 0.05) is 25.6 Å². The fourth-order valence-electron chi connectivity index (χ4n) is 2.42. The maximum atomic E-state index is 11.7. The van der Waals surface area contributed by atoms with Crippen molar-refractivity contribution in [2.45, 2.75) is 18.9 Å². The molecule has 1 aliphatic heterocycles. The van der Waals surface area contributed by atoms with Crippen molar-refractivity contribution in [1.29, 1.82) is 0 Å². The van der Waals surface area contributed by atoms with Crippen LogP contribution in [0.4, 0.5) is 0 Å². The first-order chi connectivity index (χ1) is 8.78. The number of hydrogen-bond donors (Lipinski definition) is 2. The van der Waals surface area contributed by atoms with E-state index in [9.17, 15) is 4.79 Å². The Kier molecular flexibility index (Phi) is 4.73. The predicted octanol–water partition coefficient (Wildman–Crippen LogP) is -0.338. The van der Waals surface area contributed by atoms with Crippen LogP contribution in [0.1, 0.15) is 12.0 Å². The highest BCUT2D eigenvalue weighted by atomic mass is 16.2. The van der Waals surface area contributed by atoms with Gasteiger partial charge in [-0.25, -0.2) is 0 Å². The summed E-state index contributed by atoms with van der Waals surface area (Å²) < 4.78 is 0. The predicted molar refractivity (Wildman–Crippen MR) is 70.9 cm³/mol. The van der Waals surface area contributed by atoms with Gasteiger partial charge in [0.1, 0.15) is 0 Å². The van der Waals surface area contributed by atoms with E-state index >= 15 is 0 Å². The summed E-state index contributed by atoms with van der Waals surface area (Å²) in [5.74, 6) is 0.145. The first-order valence-electron chi connectivity index (χ1n) is 6.63. The van der Waals surface area contributed by atoms with Gasteiger partial charge in [0.05, 0.1) is 13.1 Å². The Morgan fingerprint density at radius 3 is 2.83 bits per heavy atom. The van der Waals surface area contributed by atoms with Crippen molar-refractivity contribution >= 4 is 5.91 Å². The van der Waals surface area contributed by atoms with Crippen LogP contribution < -0.4 is 11.1 Å². The summed E-state index contributed by atoms with van der Waals surface area (Å²) in [6.07, 6.45) is 1.97. The molecule has 4 heteroatoms. The first kappa shape index (κ1) is 13.1. The molecule has 1 heterocycles. The first-order valence-corrected chi connectivity index (χ1v) is 6.63. The Morgan fingerprint density at radius 2 is 2.11 bits per heavy atom. The molecule has 0 unspecified atom stereocenters. The molecule has 1 aromatic rings. The standard InChI is InChI=1S/C14H21N3O/c15-7-4-8-17-10-13(16-14(18)11-17)9-12-5-2-1-3-6-12/h1-3,5-6,13H,4,7-11,15H2,(H,16,18)/p+1/t13-/m0/s1. The van der Waals surface area contributed by atoms with Gasteiger partial charge in [0.25, 0.3) is 0 Å². The summed E-state index contributed by atoms with van der Waals surface area (Å²) in [5.41, 5.74) is 5.13. The normalized spacial score (nSPS) is 20.7. The SMILES string of the molecule is [NH3+]CCCN1CC(=O)N[C@@H](Cc2ccccc2)C1. The molecule has 98 valence electrons. The number of nitrogens with zero attached hydrogens (tertiary/aromatic N) is 1. The third kappa shape index (κ3) is 3.82. The number of carbonyl (C=O) groups excluding carboxylic acids is 1. The van der Waals surface area contributed by atoms with Crippen LogP contribution in [0, 0.1) is 0 Å². The van der Waals surface area contributed by atoms with Crippen LogP contribution in [-0.4, -0.2) is 43.0 Å². The molecule has 0 bridgehead atoms. The third-order valence-corrected chi connectivity index (χ3v) is 3.26. The van der Waals surface area contributed by atoms with Gasteiger partial charge in [-0.2, -0.15) is 0 Å². The Hall–Kier alpha value is -1.39. The minimum Gasteiger partial charge on any atom is -0.358 e. The van der Waals surface area contributed by atoms with Gasteiger partial charge < -0.3 is 11.1 Å². The fourth-order valence-corrected chi connectivity index (χ4v) is 2.42. The molecule has 4 N–H and O–H groups in total. The van der Waals surface area contributed by atoms with Crippen LogP contribution in [0.2, 0.25) is 0 Å². The molecular formula is C14H22N3O+. The second-order valence-electron chi connectivity index (χ2n) is 4.90. The zero-order valence-electron chi connectivity index (χ0n) is 10.8. The third-order valence-electron chi connectivity index (χ3n) is 3.26. The average Bonchev–Trinajstić information content (AvgIpc) is 2.37. The minimum absolute atomic E-state index is 0.145. The molecule has 1 fully saturated rings. The number of hydrogen-bond acceptors (Lipinski definition) is 2. The van der Waals surface area contributed by atoms with Crippen molar-refractivity contribution in [3.63, 3.8) is 0 Å². The molecule has 4 nitrogen and oxygen atoms in total. The Bertz CT molecular complexity index is 380. The molecule has 0 spiro atoms. The highest BCUT2D eigenvalue weighted by molar-refractivity contribution is 5.79. The lowest BCUT2D eigenvalue weighted by atomic mass is 10.0. The molecule has 1 aliphatic rings. The van der Waals surface area contributed by atoms with E-state index in [4.69, 9.17) is 0 Å². The van der Waals surface area contributed by atoms with E-state index in [0.29, 0.717) is 6.54 Å². The van der Waals surface area contributed by atoms with Crippen molar-refractivity contribution in [2.24, 2.45) is 0 Å². The molecular weight excluding hydrogens is 226 g/mol. The van der Waals surface area contributed by atoms with Crippen LogP contribution in [0.5, 0.6) is 0 Å². The molecule has 0 aliphatic carbocycles. The Morgan fingerprint density at radius 1 is 1.33 bits per heavy atom. The average molecular weight is 248 g/mol. The maximum absolute atomic E-state index is 11.7. The molecule has 2 rings (SSSR count). The van der Waals surface area contributed by atoms with E-state index < -0.39 is 0 Å². The van der Waals surface area contributed by atoms with Gasteiger partial charge in [-0.15, -0.1) is 0 Å². The van der Waals surface area contributed by atoms with Gasteiger partial charge in [0.15, 0.2) is 0 Å². The number of carbonyl (C=O) groups is 1. The minimum atomic E-state index is 0.145. The molecule has 1 aromatic carbocycles. The number of quaternary nitrogens is 1. The van der Waals surface area contributed by atoms with Crippen LogP contribution in [0.15, 0.2) is 30.3 Å². The lowest BCUT2D eigenvalue weighted by Crippen LogP contribution is -2.56. The molecule has 0 saturated carbocycles. The van der Waals surface area contributed by atoms with Crippen molar-refractivity contribution in [2.75, 3.05) is 26.2 Å². The monoisotopic (exact) mass is 248 g/mol. The molecule has 1 saturated heterocycles. The summed E-state index contributed by atoms with van der Waals surface area (Å²) >= 11 is 0. The smallest absolute Gasteiger partial charge is 0.234 e. The van der Waals surface area contributed by atoms with Crippen molar-refractivity contribution in [3.05, 3.63) is 35.9 Å². The van der Waals surface area contributed by atoms with Gasteiger partial charge in [-0.3, -0.25) is 9.69 Å². The largest absolute Gasteiger partial charge is 0.358 e. The number of nitrogens with one attached hydrogen (secondary N) is 1. The van der Waals surface area contributed by atoms with Crippen molar-refractivity contribution < 1.29 is 10.5 Å². The Balaban J connectivity index is 1.90. The summed E-state index contributed by atoms with van der Waals surface area (Å²) in [6.45, 7) is 3.38. The molecule has 0 aromatic heterocycles. The van der Waals surface area contributed by atoms with Crippen LogP contribution in [0.3, 0.4) is 0 Å². The van der Waals surface area contributed by atoms with Crippen molar-refractivity contribution in [3.8, 4) is 0 Å². The van der Waals surface area contributed by atoms with Crippen molar-refractivity contribution in [1.82, 2.24) is 10.2 Å². The van der Waals surface area contributed by atoms with Gasteiger partial charge in [0.2, 0.25) is 5.91 Å². The molecule has 1 atom stereocenters. The summed E-state index contributed by atoms with van der Waals surface area (Å²) in [7, 11) is 0. The highest BCUT2D eigenvalue weighted by Crippen LogP contribution is 2.08. The summed E-state index contributed by atoms with van der Waals surface area (Å²) in [5, 5.41) is 3.08. The Labute approximate surface area is 108 Å². The zero-order valence-corrected chi connectivity index (χ0v) is 10.8. The van der Waals surface area contributed by atoms with E-state index in [-0.39, 0.29) is 11.9 Å². The van der Waals surface area contributed by atoms with E-state index in [1.54, 1.807) is 0 Å². The van der Waals surface area contributed by atoms with E-state index in [1.165, 1.54) is 5.56 Å². The van der Waals surface area contributed by atoms with E-state index in [1.807, 2.05) is 18.2 Å². The van der Waals surface area contributed by atoms with E-state index in [0.717, 1.165) is 32.5 Å². The number of rotatable bonds is 5. The number of benzene rings is 1. The lowest BCUT2D eigenvalue weighted by Gasteiger charge is -2.32. The summed E-state index contributed by atoms with van der Waals surface area (Å²) in [4.78, 5) is 13.9. The number of piperazine rings is 1. The fraction of sp³-hybridized carbons (Fsp3) is 0.500. The van der Waals surface area contributed by atoms with Gasteiger partial charge in [-0.1, -0.05) is 30.3 Å². The lowest BCUT2D eigenvalue weighted by molar-refractivity contribution is -0.368. The molecule has 18 heavy (non-hydrogen) atoms. The number of amides is 1. The van der Waals surface area contributed by atoms with E-state index in [2.05, 4.69) is 28.1 Å². The molecule has 0 radical (unpaired) electrons. The molecule has 1 amide bonds. The second kappa shape index (κ2) is 6.52. The van der Waals surface area contributed by atoms with Crippen LogP contribution >= 0.6 is 0 Å². The van der Waals surface area contributed by atoms with Gasteiger partial charge >= 0.3 is 0 Å². The maximum Gasteiger partial charge on any atom is 0.234 e. The topological polar surface area (TPSA) is 60.0 Å². The summed E-state index contributed by atoms with van der Waals surface area (Å²) in [6, 6.07) is 10.6. The quantitative estimate of drug-likeness (QED) is 0.749. The van der Waals surface area contributed by atoms with Crippen LogP contribution in [0.25, 0.3) is 0 Å². The highest BCUT2D eigenvalue weighted by Gasteiger charge is 2.24. The second-order valence-corrected chi connectivity index (χ2v) is 4.90. The zero-order chi connectivity index (χ0) is 12.8. The van der Waals surface area contributed by atoms with Crippen LogP contribution in [-0.2, 0) is 11.2 Å².